The number of piperidine rings is 1. The van der Waals surface area contributed by atoms with Crippen molar-refractivity contribution in [2.45, 2.75) is 18.8 Å². The molecule has 78 valence electrons. The highest BCUT2D eigenvalue weighted by atomic mass is 14.9. The Bertz CT molecular complexity index is 455. The summed E-state index contributed by atoms with van der Waals surface area (Å²) in [6.07, 6.45) is 8.42. The van der Waals surface area contributed by atoms with Crippen molar-refractivity contribution in [3.63, 3.8) is 0 Å². The van der Waals surface area contributed by atoms with Crippen LogP contribution in [0.4, 0.5) is 0 Å². The van der Waals surface area contributed by atoms with E-state index in [1.54, 1.807) is 0 Å². The number of aromatic amines is 1. The molecule has 3 nitrogen and oxygen atoms in total. The highest BCUT2D eigenvalue weighted by molar-refractivity contribution is 5.82. The minimum atomic E-state index is 0.711. The van der Waals surface area contributed by atoms with E-state index in [-0.39, 0.29) is 0 Å². The van der Waals surface area contributed by atoms with Gasteiger partial charge in [0.15, 0.2) is 0 Å². The lowest BCUT2D eigenvalue weighted by Gasteiger charge is -2.22. The van der Waals surface area contributed by atoms with Gasteiger partial charge in [-0.05, 0) is 43.5 Å². The van der Waals surface area contributed by atoms with Crippen LogP contribution in [0.2, 0.25) is 0 Å². The Labute approximate surface area is 88.9 Å². The van der Waals surface area contributed by atoms with Crippen molar-refractivity contribution in [2.24, 2.45) is 0 Å². The molecule has 3 heteroatoms. The van der Waals surface area contributed by atoms with E-state index in [9.17, 15) is 0 Å². The number of rotatable bonds is 1. The third kappa shape index (κ3) is 1.53. The summed E-state index contributed by atoms with van der Waals surface area (Å²) < 4.78 is 0. The smallest absolute Gasteiger partial charge is 0.0643 e. The Kier molecular flexibility index (Phi) is 2.18. The van der Waals surface area contributed by atoms with Gasteiger partial charge in [0.2, 0.25) is 0 Å². The summed E-state index contributed by atoms with van der Waals surface area (Å²) in [6.45, 7) is 2.28. The maximum Gasteiger partial charge on any atom is 0.0643 e. The van der Waals surface area contributed by atoms with Gasteiger partial charge in [0.1, 0.15) is 0 Å². The molecule has 2 N–H and O–H groups in total. The van der Waals surface area contributed by atoms with E-state index >= 15 is 0 Å². The van der Waals surface area contributed by atoms with Gasteiger partial charge in [0.25, 0.3) is 0 Å². The Morgan fingerprint density at radius 3 is 3.00 bits per heavy atom. The zero-order valence-corrected chi connectivity index (χ0v) is 8.66. The van der Waals surface area contributed by atoms with Gasteiger partial charge in [0, 0.05) is 17.8 Å². The molecule has 1 saturated heterocycles. The topological polar surface area (TPSA) is 40.7 Å². The van der Waals surface area contributed by atoms with Crippen molar-refractivity contribution in [1.82, 2.24) is 15.3 Å². The van der Waals surface area contributed by atoms with Crippen LogP contribution in [0.25, 0.3) is 10.9 Å². The number of H-pyrrole nitrogens is 1. The highest BCUT2D eigenvalue weighted by Crippen LogP contribution is 2.30. The van der Waals surface area contributed by atoms with E-state index in [1.807, 2.05) is 12.4 Å². The average molecular weight is 201 g/mol. The summed E-state index contributed by atoms with van der Waals surface area (Å²) in [5.74, 6) is 0.711. The van der Waals surface area contributed by atoms with Crippen molar-refractivity contribution in [1.29, 1.82) is 0 Å². The fourth-order valence-electron chi connectivity index (χ4n) is 2.47. The minimum absolute atomic E-state index is 0.711. The first-order valence-corrected chi connectivity index (χ1v) is 5.57. The molecule has 0 radical (unpaired) electrons. The Balaban J connectivity index is 2.02. The van der Waals surface area contributed by atoms with Crippen molar-refractivity contribution in [3.05, 3.63) is 30.2 Å². The molecule has 0 spiro atoms. The second-order valence-corrected chi connectivity index (χ2v) is 4.19. The lowest BCUT2D eigenvalue weighted by molar-refractivity contribution is 0.462. The lowest BCUT2D eigenvalue weighted by atomic mass is 9.90. The molecule has 3 rings (SSSR count). The largest absolute Gasteiger partial charge is 0.360 e. The molecule has 0 saturated carbocycles. The maximum atomic E-state index is 4.13. The van der Waals surface area contributed by atoms with Crippen LogP contribution >= 0.6 is 0 Å². The molecule has 1 aliphatic heterocycles. The first-order valence-electron chi connectivity index (χ1n) is 5.57. The quantitative estimate of drug-likeness (QED) is 0.741. The van der Waals surface area contributed by atoms with Gasteiger partial charge in [-0.2, -0.15) is 0 Å². The van der Waals surface area contributed by atoms with E-state index < -0.39 is 0 Å². The molecule has 0 aromatic carbocycles. The second-order valence-electron chi connectivity index (χ2n) is 4.19. The number of nitrogens with one attached hydrogen (secondary N) is 2. The molecule has 0 unspecified atom stereocenters. The molecule has 2 aromatic heterocycles. The normalized spacial score (nSPS) is 18.4. The van der Waals surface area contributed by atoms with Crippen molar-refractivity contribution >= 4 is 10.9 Å². The Hall–Kier alpha value is -1.35. The molecule has 1 fully saturated rings. The van der Waals surface area contributed by atoms with E-state index in [2.05, 4.69) is 27.5 Å². The SMILES string of the molecule is c1cc2c(C3CCNCC3)c[nH]c2cn1. The molecule has 3 heterocycles. The highest BCUT2D eigenvalue weighted by Gasteiger charge is 2.17. The van der Waals surface area contributed by atoms with Crippen LogP contribution in [-0.2, 0) is 0 Å². The first-order chi connectivity index (χ1) is 7.45. The van der Waals surface area contributed by atoms with Crippen molar-refractivity contribution < 1.29 is 0 Å². The molecule has 0 atom stereocenters. The van der Waals surface area contributed by atoms with E-state index in [0.717, 1.165) is 18.6 Å². The first kappa shape index (κ1) is 8.92. The fraction of sp³-hybridized carbons (Fsp3) is 0.417. The summed E-state index contributed by atoms with van der Waals surface area (Å²) in [6, 6.07) is 2.11. The lowest BCUT2D eigenvalue weighted by Crippen LogP contribution is -2.26. The predicted octanol–water partition coefficient (Wildman–Crippen LogP) is 2.03. The molecule has 1 aliphatic rings. The molecular formula is C12H15N3. The van der Waals surface area contributed by atoms with E-state index in [4.69, 9.17) is 0 Å². The van der Waals surface area contributed by atoms with Crippen molar-refractivity contribution in [3.8, 4) is 0 Å². The van der Waals surface area contributed by atoms with Crippen LogP contribution in [0.5, 0.6) is 0 Å². The van der Waals surface area contributed by atoms with Gasteiger partial charge in [-0.25, -0.2) is 0 Å². The zero-order chi connectivity index (χ0) is 10.1. The number of pyridine rings is 1. The van der Waals surface area contributed by atoms with Crippen LogP contribution in [0, 0.1) is 0 Å². The van der Waals surface area contributed by atoms with Crippen LogP contribution in [-0.4, -0.2) is 23.1 Å². The number of fused-ring (bicyclic) bond motifs is 1. The average Bonchev–Trinajstić information content (AvgIpc) is 2.74. The number of hydrogen-bond donors (Lipinski definition) is 2. The summed E-state index contributed by atoms with van der Waals surface area (Å²) in [5, 5.41) is 4.75. The monoisotopic (exact) mass is 201 g/mol. The minimum Gasteiger partial charge on any atom is -0.360 e. The third-order valence-electron chi connectivity index (χ3n) is 3.29. The standard InChI is InChI=1S/C12H15N3/c1-4-13-5-2-9(1)11-7-15-12-8-14-6-3-10(11)12/h3,6-9,13,15H,1-2,4-5H2. The fourth-order valence-corrected chi connectivity index (χ4v) is 2.47. The zero-order valence-electron chi connectivity index (χ0n) is 8.66. The van der Waals surface area contributed by atoms with Gasteiger partial charge in [-0.3, -0.25) is 4.98 Å². The summed E-state index contributed by atoms with van der Waals surface area (Å²) in [4.78, 5) is 7.43. The van der Waals surface area contributed by atoms with Crippen LogP contribution < -0.4 is 5.32 Å². The third-order valence-corrected chi connectivity index (χ3v) is 3.29. The molecule has 2 aromatic rings. The maximum absolute atomic E-state index is 4.13. The number of hydrogen-bond acceptors (Lipinski definition) is 2. The molecule has 15 heavy (non-hydrogen) atoms. The van der Waals surface area contributed by atoms with Gasteiger partial charge in [0.05, 0.1) is 11.7 Å². The molecular weight excluding hydrogens is 186 g/mol. The van der Waals surface area contributed by atoms with Gasteiger partial charge in [-0.15, -0.1) is 0 Å². The van der Waals surface area contributed by atoms with E-state index in [0.29, 0.717) is 5.92 Å². The van der Waals surface area contributed by atoms with Crippen LogP contribution in [0.3, 0.4) is 0 Å². The van der Waals surface area contributed by atoms with Crippen LogP contribution in [0.1, 0.15) is 24.3 Å². The predicted molar refractivity (Wildman–Crippen MR) is 60.9 cm³/mol. The number of nitrogens with zero attached hydrogens (tertiary/aromatic N) is 1. The second kappa shape index (κ2) is 3.66. The molecule has 0 bridgehead atoms. The molecule has 0 aliphatic carbocycles. The molecule has 0 amide bonds. The van der Waals surface area contributed by atoms with E-state index in [1.165, 1.54) is 23.8 Å². The number of aromatic nitrogens is 2. The summed E-state index contributed by atoms with van der Waals surface area (Å²) in [5.41, 5.74) is 2.62. The van der Waals surface area contributed by atoms with Crippen molar-refractivity contribution in [2.75, 3.05) is 13.1 Å². The Morgan fingerprint density at radius 2 is 2.13 bits per heavy atom. The Morgan fingerprint density at radius 1 is 1.27 bits per heavy atom. The van der Waals surface area contributed by atoms with Gasteiger partial charge >= 0.3 is 0 Å². The summed E-state index contributed by atoms with van der Waals surface area (Å²) >= 11 is 0. The van der Waals surface area contributed by atoms with Gasteiger partial charge < -0.3 is 10.3 Å². The van der Waals surface area contributed by atoms with Crippen LogP contribution in [0.15, 0.2) is 24.7 Å². The summed E-state index contributed by atoms with van der Waals surface area (Å²) in [7, 11) is 0. The van der Waals surface area contributed by atoms with Gasteiger partial charge in [-0.1, -0.05) is 0 Å².